The van der Waals surface area contributed by atoms with Gasteiger partial charge in [-0.05, 0) is 32.1 Å². The van der Waals surface area contributed by atoms with Gasteiger partial charge in [-0.2, -0.15) is 0 Å². The summed E-state index contributed by atoms with van der Waals surface area (Å²) < 4.78 is 5.68. The Bertz CT molecular complexity index is 447. The highest BCUT2D eigenvalue weighted by molar-refractivity contribution is 5.37. The number of hydrogen-bond acceptors (Lipinski definition) is 5. The first-order chi connectivity index (χ1) is 9.27. The molecule has 0 radical (unpaired) electrons. The van der Waals surface area contributed by atoms with E-state index in [9.17, 15) is 0 Å². The second-order valence-electron chi connectivity index (χ2n) is 5.68. The molecule has 2 saturated carbocycles. The van der Waals surface area contributed by atoms with Crippen LogP contribution in [-0.2, 0) is 10.3 Å². The van der Waals surface area contributed by atoms with E-state index in [1.54, 1.807) is 7.11 Å². The fourth-order valence-electron chi connectivity index (χ4n) is 3.19. The number of aromatic nitrogens is 2. The molecule has 2 fully saturated rings. The fourth-order valence-corrected chi connectivity index (χ4v) is 3.19. The van der Waals surface area contributed by atoms with E-state index >= 15 is 0 Å². The van der Waals surface area contributed by atoms with Crippen LogP contribution in [0.2, 0.25) is 0 Å². The molecule has 2 aliphatic rings. The molecule has 1 aromatic rings. The topological polar surface area (TPSA) is 73.1 Å². The highest BCUT2D eigenvalue weighted by Crippen LogP contribution is 2.43. The van der Waals surface area contributed by atoms with Crippen molar-refractivity contribution in [1.82, 2.24) is 9.97 Å². The van der Waals surface area contributed by atoms with Gasteiger partial charge in [0, 0.05) is 24.8 Å². The summed E-state index contributed by atoms with van der Waals surface area (Å²) in [7, 11) is 1.75. The van der Waals surface area contributed by atoms with Crippen LogP contribution in [0.5, 0.6) is 0 Å². The summed E-state index contributed by atoms with van der Waals surface area (Å²) in [5.74, 6) is 7.62. The smallest absolute Gasteiger partial charge is 0.162 e. The Labute approximate surface area is 113 Å². The number of ether oxygens (including phenoxy) is 1. The highest BCUT2D eigenvalue weighted by atomic mass is 16.5. The number of nitrogens with two attached hydrogens (primary N) is 1. The van der Waals surface area contributed by atoms with Crippen LogP contribution in [0.15, 0.2) is 6.07 Å². The molecule has 0 spiro atoms. The zero-order valence-corrected chi connectivity index (χ0v) is 11.5. The zero-order valence-electron chi connectivity index (χ0n) is 11.5. The minimum Gasteiger partial charge on any atom is -0.370 e. The Kier molecular flexibility index (Phi) is 3.41. The van der Waals surface area contributed by atoms with Gasteiger partial charge in [0.25, 0.3) is 0 Å². The lowest BCUT2D eigenvalue weighted by atomic mass is 9.79. The van der Waals surface area contributed by atoms with Crippen LogP contribution in [0, 0.1) is 0 Å². The summed E-state index contributed by atoms with van der Waals surface area (Å²) in [5.41, 5.74) is 3.52. The molecule has 19 heavy (non-hydrogen) atoms. The lowest BCUT2D eigenvalue weighted by Gasteiger charge is -2.39. The third kappa shape index (κ3) is 2.21. The molecule has 0 aromatic carbocycles. The van der Waals surface area contributed by atoms with E-state index < -0.39 is 0 Å². The molecule has 0 atom stereocenters. The molecule has 0 amide bonds. The summed E-state index contributed by atoms with van der Waals surface area (Å²) in [6.45, 7) is 0. The van der Waals surface area contributed by atoms with Gasteiger partial charge in [0.1, 0.15) is 11.4 Å². The highest BCUT2D eigenvalue weighted by Gasteiger charge is 2.42. The monoisotopic (exact) mass is 262 g/mol. The molecule has 3 N–H and O–H groups in total. The Morgan fingerprint density at radius 2 is 2.00 bits per heavy atom. The fraction of sp³-hybridized carbons (Fsp3) is 0.714. The van der Waals surface area contributed by atoms with Crippen molar-refractivity contribution >= 4 is 5.82 Å². The number of hydrogen-bond donors (Lipinski definition) is 2. The van der Waals surface area contributed by atoms with Gasteiger partial charge in [-0.25, -0.2) is 15.8 Å². The zero-order chi connectivity index (χ0) is 13.3. The number of nitrogen functional groups attached to an aromatic ring is 1. The summed E-state index contributed by atoms with van der Waals surface area (Å²) >= 11 is 0. The second kappa shape index (κ2) is 5.06. The molecular formula is C14H22N4O. The first kappa shape index (κ1) is 12.8. The van der Waals surface area contributed by atoms with Crippen molar-refractivity contribution in [1.29, 1.82) is 0 Å². The molecular weight excluding hydrogens is 240 g/mol. The van der Waals surface area contributed by atoms with Crippen molar-refractivity contribution in [3.05, 3.63) is 17.6 Å². The summed E-state index contributed by atoms with van der Waals surface area (Å²) in [6.07, 6.45) is 8.22. The number of anilines is 1. The molecule has 3 rings (SSSR count). The minimum atomic E-state index is -0.278. The molecule has 104 valence electrons. The maximum Gasteiger partial charge on any atom is 0.162 e. The van der Waals surface area contributed by atoms with Crippen molar-refractivity contribution < 1.29 is 4.74 Å². The quantitative estimate of drug-likeness (QED) is 0.644. The Hall–Kier alpha value is -1.20. The van der Waals surface area contributed by atoms with Gasteiger partial charge in [0.15, 0.2) is 5.82 Å². The van der Waals surface area contributed by atoms with Crippen LogP contribution in [0.1, 0.15) is 62.4 Å². The van der Waals surface area contributed by atoms with Gasteiger partial charge in [-0.3, -0.25) is 0 Å². The average Bonchev–Trinajstić information content (AvgIpc) is 2.91. The summed E-state index contributed by atoms with van der Waals surface area (Å²) in [6, 6.07) is 1.99. The largest absolute Gasteiger partial charge is 0.370 e. The van der Waals surface area contributed by atoms with E-state index in [2.05, 4.69) is 10.4 Å². The molecule has 0 aliphatic heterocycles. The third-order valence-corrected chi connectivity index (χ3v) is 4.63. The number of rotatable bonds is 4. The lowest BCUT2D eigenvalue weighted by molar-refractivity contribution is -0.0847. The van der Waals surface area contributed by atoms with Crippen molar-refractivity contribution in [3.63, 3.8) is 0 Å². The van der Waals surface area contributed by atoms with E-state index in [0.717, 1.165) is 24.4 Å². The minimum absolute atomic E-state index is 0.278. The van der Waals surface area contributed by atoms with Gasteiger partial charge in [-0.1, -0.05) is 12.8 Å². The normalized spacial score (nSPS) is 22.2. The maximum atomic E-state index is 5.68. The van der Waals surface area contributed by atoms with Crippen LogP contribution < -0.4 is 11.3 Å². The number of hydrazine groups is 1. The van der Waals surface area contributed by atoms with Crippen molar-refractivity contribution in [3.8, 4) is 0 Å². The first-order valence-electron chi connectivity index (χ1n) is 7.19. The molecule has 5 heteroatoms. The van der Waals surface area contributed by atoms with E-state index in [1.807, 2.05) is 6.07 Å². The van der Waals surface area contributed by atoms with Gasteiger partial charge in [-0.15, -0.1) is 0 Å². The molecule has 0 unspecified atom stereocenters. The standard InChI is InChI=1S/C14H22N4O/c1-19-14(7-4-8-14)13-16-11(9-12(17-13)18-15)10-5-2-3-6-10/h9-10H,2-8,15H2,1H3,(H,16,17,18). The van der Waals surface area contributed by atoms with Crippen LogP contribution >= 0.6 is 0 Å². The summed E-state index contributed by atoms with van der Waals surface area (Å²) in [4.78, 5) is 9.31. The van der Waals surface area contributed by atoms with Crippen molar-refractivity contribution in [2.75, 3.05) is 12.5 Å². The number of nitrogens with one attached hydrogen (secondary N) is 1. The van der Waals surface area contributed by atoms with Crippen LogP contribution in [-0.4, -0.2) is 17.1 Å². The van der Waals surface area contributed by atoms with Crippen LogP contribution in [0.3, 0.4) is 0 Å². The predicted octanol–water partition coefficient (Wildman–Crippen LogP) is 2.45. The Morgan fingerprint density at radius 3 is 2.53 bits per heavy atom. The lowest BCUT2D eigenvalue weighted by Crippen LogP contribution is -2.38. The average molecular weight is 262 g/mol. The maximum absolute atomic E-state index is 5.68. The molecule has 2 aliphatic carbocycles. The predicted molar refractivity (Wildman–Crippen MR) is 73.6 cm³/mol. The van der Waals surface area contributed by atoms with Gasteiger partial charge in [0.2, 0.25) is 0 Å². The van der Waals surface area contributed by atoms with E-state index in [4.69, 9.17) is 15.6 Å². The van der Waals surface area contributed by atoms with E-state index in [-0.39, 0.29) is 5.60 Å². The molecule has 5 nitrogen and oxygen atoms in total. The Morgan fingerprint density at radius 1 is 1.26 bits per heavy atom. The second-order valence-corrected chi connectivity index (χ2v) is 5.68. The molecule has 0 saturated heterocycles. The van der Waals surface area contributed by atoms with Gasteiger partial charge < -0.3 is 10.2 Å². The molecule has 1 aromatic heterocycles. The van der Waals surface area contributed by atoms with Crippen LogP contribution in [0.4, 0.5) is 5.82 Å². The Balaban J connectivity index is 1.97. The van der Waals surface area contributed by atoms with Gasteiger partial charge >= 0.3 is 0 Å². The molecule has 1 heterocycles. The SMILES string of the molecule is COC1(c2nc(NN)cc(C3CCCC3)n2)CCC1. The van der Waals surface area contributed by atoms with E-state index in [0.29, 0.717) is 11.7 Å². The number of nitrogens with zero attached hydrogens (tertiary/aromatic N) is 2. The molecule has 0 bridgehead atoms. The third-order valence-electron chi connectivity index (χ3n) is 4.63. The summed E-state index contributed by atoms with van der Waals surface area (Å²) in [5, 5.41) is 0. The number of methoxy groups -OCH3 is 1. The van der Waals surface area contributed by atoms with Crippen molar-refractivity contribution in [2.24, 2.45) is 5.84 Å². The van der Waals surface area contributed by atoms with Crippen molar-refractivity contribution in [2.45, 2.75) is 56.5 Å². The first-order valence-corrected chi connectivity index (χ1v) is 7.19. The van der Waals surface area contributed by atoms with Gasteiger partial charge in [0.05, 0.1) is 0 Å². The van der Waals surface area contributed by atoms with E-state index in [1.165, 1.54) is 32.1 Å². The van der Waals surface area contributed by atoms with Crippen LogP contribution in [0.25, 0.3) is 0 Å².